The third kappa shape index (κ3) is 5.20. The maximum Gasteiger partial charge on any atom is 0.335 e. The van der Waals surface area contributed by atoms with Crippen molar-refractivity contribution in [2.45, 2.75) is 24.9 Å². The van der Waals surface area contributed by atoms with Gasteiger partial charge in [0.15, 0.2) is 5.11 Å². The second kappa shape index (κ2) is 10.6. The number of carbonyl (C=O) groups is 3. The van der Waals surface area contributed by atoms with Crippen molar-refractivity contribution in [3.8, 4) is 11.3 Å². The van der Waals surface area contributed by atoms with E-state index in [0.29, 0.717) is 35.2 Å². The van der Waals surface area contributed by atoms with Crippen LogP contribution in [-0.4, -0.2) is 56.8 Å². The first kappa shape index (κ1) is 24.9. The van der Waals surface area contributed by atoms with Crippen molar-refractivity contribution in [1.82, 2.24) is 15.2 Å². The molecule has 2 atom stereocenters. The van der Waals surface area contributed by atoms with Crippen LogP contribution in [0.4, 0.5) is 0 Å². The summed E-state index contributed by atoms with van der Waals surface area (Å²) in [7, 11) is 1.34. The summed E-state index contributed by atoms with van der Waals surface area (Å²) in [6.07, 6.45) is 2.39. The molecule has 0 saturated carbocycles. The number of nitrogens with one attached hydrogen (secondary N) is 1. The van der Waals surface area contributed by atoms with Gasteiger partial charge < -0.3 is 29.6 Å². The van der Waals surface area contributed by atoms with Crippen molar-refractivity contribution in [2.24, 2.45) is 0 Å². The van der Waals surface area contributed by atoms with Gasteiger partial charge in [-0.15, -0.1) is 0 Å². The summed E-state index contributed by atoms with van der Waals surface area (Å²) >= 11 is 5.59. The van der Waals surface area contributed by atoms with Gasteiger partial charge in [-0.05, 0) is 61.1 Å². The molecular weight excluding hydrogens is 486 g/mol. The molecule has 3 heterocycles. The average Bonchev–Trinajstić information content (AvgIpc) is 3.49. The summed E-state index contributed by atoms with van der Waals surface area (Å²) in [5.74, 6) is -1.99. The number of carboxylic acid groups (broad SMARTS) is 2. The summed E-state index contributed by atoms with van der Waals surface area (Å²) in [6, 6.07) is 12.0. The van der Waals surface area contributed by atoms with Gasteiger partial charge in [-0.2, -0.15) is 0 Å². The molecule has 0 radical (unpaired) electrons. The highest BCUT2D eigenvalue weighted by atomic mass is 32.1. The molecule has 0 spiro atoms. The number of rotatable bonds is 9. The lowest BCUT2D eigenvalue weighted by Crippen LogP contribution is -2.30. The molecule has 1 fully saturated rings. The standard InChI is InChI=1S/C25H23N3O7S/c1-34-20(29)6-4-10-28-22(21(27-25(28)36)17-5-2-3-9-26-17)19-8-7-18(35-19)14-11-15(23(30)31)13-16(12-14)24(32)33/h2-3,5,7-9,11-13,21-22H,4,6,10H2,1H3,(H,27,36)(H,30,31)(H,32,33)/t21-,22-/m0/s1. The van der Waals surface area contributed by atoms with Crippen molar-refractivity contribution >= 4 is 35.2 Å². The number of aromatic carboxylic acids is 2. The maximum atomic E-state index is 11.6. The number of hydrogen-bond donors (Lipinski definition) is 3. The first-order valence-electron chi connectivity index (χ1n) is 11.0. The number of nitrogens with zero attached hydrogens (tertiary/aromatic N) is 2. The number of thiocarbonyl (C=S) groups is 1. The van der Waals surface area contributed by atoms with Crippen LogP contribution in [-0.2, 0) is 9.53 Å². The highest BCUT2D eigenvalue weighted by Crippen LogP contribution is 2.40. The Morgan fingerprint density at radius 3 is 2.44 bits per heavy atom. The van der Waals surface area contributed by atoms with Gasteiger partial charge in [0, 0.05) is 24.7 Å². The lowest BCUT2D eigenvalue weighted by atomic mass is 10.0. The minimum absolute atomic E-state index is 0.164. The molecule has 1 aliphatic rings. The molecule has 0 aliphatic carbocycles. The number of aromatic nitrogens is 1. The quantitative estimate of drug-likeness (QED) is 0.287. The van der Waals surface area contributed by atoms with Crippen LogP contribution >= 0.6 is 12.2 Å². The zero-order valence-corrected chi connectivity index (χ0v) is 20.0. The summed E-state index contributed by atoms with van der Waals surface area (Å²) in [4.78, 5) is 41.0. The van der Waals surface area contributed by atoms with E-state index < -0.39 is 18.0 Å². The van der Waals surface area contributed by atoms with Gasteiger partial charge in [0.25, 0.3) is 0 Å². The SMILES string of the molecule is COC(=O)CCCN1C(=S)N[C@@H](c2ccccn2)[C@@H]1c1ccc(-c2cc(C(=O)O)cc(C(=O)O)c2)o1. The lowest BCUT2D eigenvalue weighted by Gasteiger charge is -2.25. The van der Waals surface area contributed by atoms with E-state index in [1.165, 1.54) is 19.2 Å². The Balaban J connectivity index is 1.71. The number of furan rings is 1. The van der Waals surface area contributed by atoms with Crippen LogP contribution in [0.25, 0.3) is 11.3 Å². The predicted octanol–water partition coefficient (Wildman–Crippen LogP) is 3.66. The number of carboxylic acids is 2. The van der Waals surface area contributed by atoms with Crippen molar-refractivity contribution in [2.75, 3.05) is 13.7 Å². The molecule has 11 heteroatoms. The molecule has 4 rings (SSSR count). The first-order valence-corrected chi connectivity index (χ1v) is 11.5. The van der Waals surface area contributed by atoms with E-state index in [-0.39, 0.29) is 29.6 Å². The molecule has 186 valence electrons. The summed E-state index contributed by atoms with van der Waals surface area (Å²) in [6.45, 7) is 0.447. The first-order chi connectivity index (χ1) is 17.3. The Bertz CT molecular complexity index is 1280. The molecule has 3 aromatic rings. The zero-order chi connectivity index (χ0) is 25.8. The summed E-state index contributed by atoms with van der Waals surface area (Å²) < 4.78 is 10.9. The Kier molecular flexibility index (Phi) is 7.30. The number of esters is 1. The number of pyridine rings is 1. The highest BCUT2D eigenvalue weighted by Gasteiger charge is 2.41. The van der Waals surface area contributed by atoms with Crippen LogP contribution in [0.5, 0.6) is 0 Å². The van der Waals surface area contributed by atoms with Gasteiger partial charge in [0.2, 0.25) is 0 Å². The smallest absolute Gasteiger partial charge is 0.335 e. The van der Waals surface area contributed by atoms with Crippen molar-refractivity contribution < 1.29 is 33.8 Å². The number of ether oxygens (including phenoxy) is 1. The molecular formula is C25H23N3O7S. The third-order valence-corrected chi connectivity index (χ3v) is 6.19. The fourth-order valence-electron chi connectivity index (χ4n) is 4.13. The van der Waals surface area contributed by atoms with Crippen LogP contribution in [0.1, 0.15) is 57.1 Å². The second-order valence-corrected chi connectivity index (χ2v) is 8.50. The molecule has 1 aromatic carbocycles. The van der Waals surface area contributed by atoms with E-state index in [1.54, 1.807) is 24.4 Å². The van der Waals surface area contributed by atoms with Crippen molar-refractivity contribution in [1.29, 1.82) is 0 Å². The minimum atomic E-state index is -1.25. The van der Waals surface area contributed by atoms with Gasteiger partial charge >= 0.3 is 17.9 Å². The fraction of sp³-hybridized carbons (Fsp3) is 0.240. The monoisotopic (exact) mass is 509 g/mol. The Morgan fingerprint density at radius 2 is 1.83 bits per heavy atom. The number of benzene rings is 1. The Morgan fingerprint density at radius 1 is 1.11 bits per heavy atom. The minimum Gasteiger partial charge on any atom is -0.478 e. The van der Waals surface area contributed by atoms with Crippen LogP contribution in [0.15, 0.2) is 59.1 Å². The van der Waals surface area contributed by atoms with Gasteiger partial charge in [-0.25, -0.2) is 9.59 Å². The predicted molar refractivity (Wildman–Crippen MR) is 131 cm³/mol. The van der Waals surface area contributed by atoms with Crippen molar-refractivity contribution in [3.63, 3.8) is 0 Å². The fourth-order valence-corrected chi connectivity index (χ4v) is 4.47. The highest BCUT2D eigenvalue weighted by molar-refractivity contribution is 7.80. The van der Waals surface area contributed by atoms with Gasteiger partial charge in [0.1, 0.15) is 17.6 Å². The maximum absolute atomic E-state index is 11.6. The zero-order valence-electron chi connectivity index (χ0n) is 19.2. The summed E-state index contributed by atoms with van der Waals surface area (Å²) in [5.41, 5.74) is 0.725. The lowest BCUT2D eigenvalue weighted by molar-refractivity contribution is -0.140. The van der Waals surface area contributed by atoms with Crippen molar-refractivity contribution in [3.05, 3.63) is 77.3 Å². The number of hydrogen-bond acceptors (Lipinski definition) is 7. The molecule has 10 nitrogen and oxygen atoms in total. The number of methoxy groups -OCH3 is 1. The molecule has 3 N–H and O–H groups in total. The van der Waals surface area contributed by atoms with Gasteiger partial charge in [-0.1, -0.05) is 6.07 Å². The van der Waals surface area contributed by atoms with Crippen LogP contribution in [0.3, 0.4) is 0 Å². The molecule has 0 unspecified atom stereocenters. The molecule has 0 bridgehead atoms. The molecule has 36 heavy (non-hydrogen) atoms. The van der Waals surface area contributed by atoms with Crippen LogP contribution in [0.2, 0.25) is 0 Å². The average molecular weight is 510 g/mol. The van der Waals surface area contributed by atoms with E-state index >= 15 is 0 Å². The van der Waals surface area contributed by atoms with Gasteiger partial charge in [0.05, 0.1) is 30.0 Å². The van der Waals surface area contributed by atoms with E-state index in [0.717, 1.165) is 11.8 Å². The Labute approximate surface area is 211 Å². The Hall–Kier alpha value is -4.25. The largest absolute Gasteiger partial charge is 0.478 e. The van der Waals surface area contributed by atoms with E-state index in [2.05, 4.69) is 10.3 Å². The van der Waals surface area contributed by atoms with Gasteiger partial charge in [-0.3, -0.25) is 9.78 Å². The van der Waals surface area contributed by atoms with Crippen LogP contribution < -0.4 is 5.32 Å². The third-order valence-electron chi connectivity index (χ3n) is 5.84. The molecule has 2 aromatic heterocycles. The molecule has 0 amide bonds. The topological polar surface area (TPSA) is 142 Å². The number of carbonyl (C=O) groups excluding carboxylic acids is 1. The van der Waals surface area contributed by atoms with Crippen LogP contribution in [0, 0.1) is 0 Å². The normalized spacial score (nSPS) is 17.0. The molecule has 1 aliphatic heterocycles. The van der Waals surface area contributed by atoms with E-state index in [9.17, 15) is 24.6 Å². The van der Waals surface area contributed by atoms with E-state index in [1.807, 2.05) is 17.0 Å². The summed E-state index contributed by atoms with van der Waals surface area (Å²) in [5, 5.41) is 22.6. The second-order valence-electron chi connectivity index (χ2n) is 8.11. The molecule has 1 saturated heterocycles. The van der Waals surface area contributed by atoms with E-state index in [4.69, 9.17) is 21.4 Å².